The summed E-state index contributed by atoms with van der Waals surface area (Å²) in [5, 5.41) is 2.47. The van der Waals surface area contributed by atoms with Crippen molar-refractivity contribution in [3.8, 4) is 0 Å². The van der Waals surface area contributed by atoms with E-state index in [1.807, 2.05) is 12.4 Å². The van der Waals surface area contributed by atoms with Crippen LogP contribution in [0.25, 0.3) is 21.8 Å². The Labute approximate surface area is 163 Å². The van der Waals surface area contributed by atoms with Crippen molar-refractivity contribution in [2.24, 2.45) is 5.92 Å². The highest BCUT2D eigenvalue weighted by molar-refractivity contribution is 6.09. The number of esters is 1. The number of aromatic nitrogens is 2. The highest BCUT2D eigenvalue weighted by Crippen LogP contribution is 2.44. The lowest BCUT2D eigenvalue weighted by molar-refractivity contribution is -0.136. The van der Waals surface area contributed by atoms with Crippen LogP contribution >= 0.6 is 0 Å². The number of rotatable bonds is 2. The third-order valence-electron chi connectivity index (χ3n) is 6.15. The molecule has 2 atom stereocenters. The summed E-state index contributed by atoms with van der Waals surface area (Å²) in [6.45, 7) is 5.11. The maximum absolute atomic E-state index is 12.6. The Bertz CT molecular complexity index is 1170. The minimum Gasteiger partial charge on any atom is -0.466 e. The van der Waals surface area contributed by atoms with E-state index in [2.05, 4.69) is 59.8 Å². The van der Waals surface area contributed by atoms with Crippen LogP contribution < -0.4 is 0 Å². The SMILES string of the molecule is CCN1C=C(C(=O)OC)[C@H]2Cc3nccc4c5ccccc5n(c34)[C@H](C)C2=C1. The minimum atomic E-state index is -0.259. The van der Waals surface area contributed by atoms with E-state index in [0.717, 1.165) is 12.2 Å². The van der Waals surface area contributed by atoms with Crippen molar-refractivity contribution in [3.05, 3.63) is 65.8 Å². The largest absolute Gasteiger partial charge is 0.466 e. The van der Waals surface area contributed by atoms with Crippen LogP contribution in [0.3, 0.4) is 0 Å². The molecule has 5 rings (SSSR count). The molecule has 0 radical (unpaired) electrons. The van der Waals surface area contributed by atoms with E-state index in [9.17, 15) is 4.79 Å². The number of carbonyl (C=O) groups is 1. The molecule has 0 unspecified atom stereocenters. The highest BCUT2D eigenvalue weighted by atomic mass is 16.5. The van der Waals surface area contributed by atoms with Gasteiger partial charge in [-0.3, -0.25) is 4.98 Å². The molecule has 0 saturated carbocycles. The smallest absolute Gasteiger partial charge is 0.335 e. The summed E-state index contributed by atoms with van der Waals surface area (Å²) in [5.41, 5.74) is 5.36. The zero-order chi connectivity index (χ0) is 19.4. The van der Waals surface area contributed by atoms with Gasteiger partial charge in [0.1, 0.15) is 0 Å². The number of hydrogen-bond acceptors (Lipinski definition) is 4. The average molecular weight is 373 g/mol. The first-order valence-corrected chi connectivity index (χ1v) is 9.78. The van der Waals surface area contributed by atoms with E-state index >= 15 is 0 Å². The Balaban J connectivity index is 1.81. The lowest BCUT2D eigenvalue weighted by Gasteiger charge is -2.32. The quantitative estimate of drug-likeness (QED) is 0.632. The van der Waals surface area contributed by atoms with E-state index in [0.29, 0.717) is 12.0 Å². The average Bonchev–Trinajstić information content (AvgIpc) is 3.01. The van der Waals surface area contributed by atoms with Gasteiger partial charge in [-0.25, -0.2) is 4.79 Å². The predicted octanol–water partition coefficient (Wildman–Crippen LogP) is 4.20. The number of hydrogen-bond donors (Lipinski definition) is 0. The molecule has 2 aromatic heterocycles. The fraction of sp³-hybridized carbons (Fsp3) is 0.304. The summed E-state index contributed by atoms with van der Waals surface area (Å²) in [7, 11) is 1.45. The molecule has 0 saturated heterocycles. The van der Waals surface area contributed by atoms with Crippen molar-refractivity contribution in [2.75, 3.05) is 13.7 Å². The Morgan fingerprint density at radius 1 is 1.21 bits per heavy atom. The van der Waals surface area contributed by atoms with Gasteiger partial charge in [-0.15, -0.1) is 0 Å². The van der Waals surface area contributed by atoms with E-state index in [4.69, 9.17) is 9.72 Å². The second kappa shape index (κ2) is 6.23. The zero-order valence-electron chi connectivity index (χ0n) is 16.3. The summed E-state index contributed by atoms with van der Waals surface area (Å²) < 4.78 is 7.52. The minimum absolute atomic E-state index is 0.0259. The third kappa shape index (κ3) is 2.25. The molecule has 4 heterocycles. The third-order valence-corrected chi connectivity index (χ3v) is 6.15. The molecule has 142 valence electrons. The van der Waals surface area contributed by atoms with Crippen LogP contribution in [0.4, 0.5) is 0 Å². The molecule has 1 aromatic carbocycles. The van der Waals surface area contributed by atoms with Crippen LogP contribution in [0.2, 0.25) is 0 Å². The first-order valence-electron chi connectivity index (χ1n) is 9.78. The Kier molecular flexibility index (Phi) is 3.79. The van der Waals surface area contributed by atoms with Gasteiger partial charge in [0.2, 0.25) is 0 Å². The van der Waals surface area contributed by atoms with Gasteiger partial charge in [0.05, 0.1) is 29.9 Å². The lowest BCUT2D eigenvalue weighted by Crippen LogP contribution is -2.29. The molecule has 0 amide bonds. The van der Waals surface area contributed by atoms with Crippen LogP contribution in [-0.2, 0) is 16.0 Å². The van der Waals surface area contributed by atoms with Crippen molar-refractivity contribution >= 4 is 27.8 Å². The van der Waals surface area contributed by atoms with E-state index in [1.165, 1.54) is 34.5 Å². The Morgan fingerprint density at radius 3 is 2.82 bits per heavy atom. The summed E-state index contributed by atoms with van der Waals surface area (Å²) in [6, 6.07) is 10.7. The molecule has 2 aliphatic heterocycles. The van der Waals surface area contributed by atoms with Gasteiger partial charge in [-0.2, -0.15) is 0 Å². The molecule has 28 heavy (non-hydrogen) atoms. The molecule has 0 bridgehead atoms. The molecule has 3 aromatic rings. The number of nitrogens with zero attached hydrogens (tertiary/aromatic N) is 3. The van der Waals surface area contributed by atoms with E-state index in [1.54, 1.807) is 0 Å². The van der Waals surface area contributed by atoms with Gasteiger partial charge < -0.3 is 14.2 Å². The first-order chi connectivity index (χ1) is 13.6. The van der Waals surface area contributed by atoms with Crippen LogP contribution in [0.15, 0.2) is 60.1 Å². The number of pyridine rings is 1. The van der Waals surface area contributed by atoms with Crippen LogP contribution in [-0.4, -0.2) is 34.1 Å². The molecule has 0 spiro atoms. The number of benzene rings is 1. The Hall–Kier alpha value is -3.08. The van der Waals surface area contributed by atoms with Crippen molar-refractivity contribution in [2.45, 2.75) is 26.3 Å². The number of methoxy groups -OCH3 is 1. The maximum Gasteiger partial charge on any atom is 0.335 e. The summed E-state index contributed by atoms with van der Waals surface area (Å²) >= 11 is 0. The van der Waals surface area contributed by atoms with Crippen molar-refractivity contribution in [3.63, 3.8) is 0 Å². The molecular formula is C23H23N3O2. The van der Waals surface area contributed by atoms with Crippen LogP contribution in [0, 0.1) is 5.92 Å². The van der Waals surface area contributed by atoms with Gasteiger partial charge in [-0.1, -0.05) is 18.2 Å². The van der Waals surface area contributed by atoms with Crippen molar-refractivity contribution in [1.29, 1.82) is 0 Å². The fourth-order valence-electron chi connectivity index (χ4n) is 4.80. The summed E-state index contributed by atoms with van der Waals surface area (Å²) in [6.07, 6.45) is 6.72. The van der Waals surface area contributed by atoms with Gasteiger partial charge in [0, 0.05) is 53.8 Å². The predicted molar refractivity (Wildman–Crippen MR) is 110 cm³/mol. The summed E-state index contributed by atoms with van der Waals surface area (Å²) in [5.74, 6) is -0.285. The van der Waals surface area contributed by atoms with Gasteiger partial charge in [-0.05, 0) is 31.6 Å². The topological polar surface area (TPSA) is 47.4 Å². The zero-order valence-corrected chi connectivity index (χ0v) is 16.3. The molecule has 0 N–H and O–H groups in total. The van der Waals surface area contributed by atoms with Gasteiger partial charge in [0.15, 0.2) is 0 Å². The number of fused-ring (bicyclic) bond motifs is 4. The molecule has 5 nitrogen and oxygen atoms in total. The van der Waals surface area contributed by atoms with Crippen LogP contribution in [0.1, 0.15) is 25.6 Å². The van der Waals surface area contributed by atoms with Crippen LogP contribution in [0.5, 0.6) is 0 Å². The normalized spacial score (nSPS) is 21.2. The van der Waals surface area contributed by atoms with Crippen molar-refractivity contribution in [1.82, 2.24) is 14.5 Å². The van der Waals surface area contributed by atoms with Gasteiger partial charge in [0.25, 0.3) is 0 Å². The molecular weight excluding hydrogens is 350 g/mol. The molecule has 0 aliphatic carbocycles. The highest BCUT2D eigenvalue weighted by Gasteiger charge is 2.37. The maximum atomic E-state index is 12.6. The second-order valence-corrected chi connectivity index (χ2v) is 7.51. The molecule has 5 heteroatoms. The first kappa shape index (κ1) is 17.0. The number of allylic oxidation sites excluding steroid dienone is 1. The van der Waals surface area contributed by atoms with E-state index < -0.39 is 0 Å². The fourth-order valence-corrected chi connectivity index (χ4v) is 4.80. The standard InChI is InChI=1S/C23H23N3O2/c1-4-25-12-18-14(2)26-21-8-6-5-7-15(21)16-9-10-24-20(22(16)26)11-17(18)19(13-25)23(27)28-3/h5-10,12-14,17H,4,11H2,1-3H3/t14-,17+/m1/s1. The molecule has 0 fully saturated rings. The van der Waals surface area contributed by atoms with Gasteiger partial charge >= 0.3 is 5.97 Å². The Morgan fingerprint density at radius 2 is 2.04 bits per heavy atom. The monoisotopic (exact) mass is 373 g/mol. The number of ether oxygens (including phenoxy) is 1. The summed E-state index contributed by atoms with van der Waals surface area (Å²) in [4.78, 5) is 19.4. The number of carbonyl (C=O) groups excluding carboxylic acids is 1. The lowest BCUT2D eigenvalue weighted by atomic mass is 9.83. The second-order valence-electron chi connectivity index (χ2n) is 7.51. The number of para-hydroxylation sites is 1. The van der Waals surface area contributed by atoms with E-state index in [-0.39, 0.29) is 17.9 Å². The van der Waals surface area contributed by atoms with Crippen molar-refractivity contribution < 1.29 is 9.53 Å². The molecule has 2 aliphatic rings.